The van der Waals surface area contributed by atoms with Gasteiger partial charge in [0.05, 0.1) is 5.56 Å². The van der Waals surface area contributed by atoms with Gasteiger partial charge in [0, 0.05) is 32.3 Å². The summed E-state index contributed by atoms with van der Waals surface area (Å²) in [4.78, 5) is 27.6. The van der Waals surface area contributed by atoms with Gasteiger partial charge in [-0.05, 0) is 42.8 Å². The second-order valence-electron chi connectivity index (χ2n) is 5.14. The highest BCUT2D eigenvalue weighted by molar-refractivity contribution is 9.10. The molecule has 0 saturated heterocycles. The zero-order chi connectivity index (χ0) is 16.6. The summed E-state index contributed by atoms with van der Waals surface area (Å²) in [6, 6.07) is 10.5. The van der Waals surface area contributed by atoms with Crippen LogP contribution in [0.1, 0.15) is 15.9 Å². The van der Waals surface area contributed by atoms with Gasteiger partial charge in [-0.3, -0.25) is 9.59 Å². The second kappa shape index (κ2) is 6.18. The van der Waals surface area contributed by atoms with E-state index in [0.29, 0.717) is 21.7 Å². The number of aromatic amines is 1. The van der Waals surface area contributed by atoms with Crippen LogP contribution in [0.2, 0.25) is 5.02 Å². The zero-order valence-corrected chi connectivity index (χ0v) is 14.5. The van der Waals surface area contributed by atoms with Crippen molar-refractivity contribution in [2.24, 2.45) is 0 Å². The van der Waals surface area contributed by atoms with E-state index in [2.05, 4.69) is 26.2 Å². The quantitative estimate of drug-likeness (QED) is 0.501. The van der Waals surface area contributed by atoms with Crippen molar-refractivity contribution >= 4 is 55.8 Å². The van der Waals surface area contributed by atoms with Crippen LogP contribution in [0.15, 0.2) is 47.1 Å². The molecule has 1 heterocycles. The molecule has 2 N–H and O–H groups in total. The summed E-state index contributed by atoms with van der Waals surface area (Å²) in [7, 11) is 0. The molecule has 0 aliphatic carbocycles. The Kier molecular flexibility index (Phi) is 4.24. The molecule has 0 aliphatic rings. The first-order valence-corrected chi connectivity index (χ1v) is 8.01. The van der Waals surface area contributed by atoms with Crippen molar-refractivity contribution in [2.75, 3.05) is 5.32 Å². The van der Waals surface area contributed by atoms with Gasteiger partial charge in [0.2, 0.25) is 0 Å². The monoisotopic (exact) mass is 390 g/mol. The molecule has 0 bridgehead atoms. The predicted molar refractivity (Wildman–Crippen MR) is 95.1 cm³/mol. The Balaban J connectivity index is 1.87. The molecule has 0 spiro atoms. The molecule has 0 atom stereocenters. The van der Waals surface area contributed by atoms with Gasteiger partial charge >= 0.3 is 0 Å². The molecule has 1 aromatic heterocycles. The van der Waals surface area contributed by atoms with E-state index in [1.165, 1.54) is 6.20 Å². The van der Waals surface area contributed by atoms with Crippen LogP contribution < -0.4 is 5.32 Å². The number of aryl methyl sites for hydroxylation is 1. The highest BCUT2D eigenvalue weighted by Gasteiger charge is 2.20. The lowest BCUT2D eigenvalue weighted by Gasteiger charge is -2.06. The molecule has 116 valence electrons. The molecule has 3 aromatic rings. The molecule has 23 heavy (non-hydrogen) atoms. The van der Waals surface area contributed by atoms with E-state index in [9.17, 15) is 9.59 Å². The highest BCUT2D eigenvalue weighted by atomic mass is 79.9. The van der Waals surface area contributed by atoms with Crippen LogP contribution in [-0.4, -0.2) is 16.7 Å². The van der Waals surface area contributed by atoms with Crippen molar-refractivity contribution in [1.82, 2.24) is 4.98 Å². The number of H-pyrrole nitrogens is 1. The number of hydrogen-bond acceptors (Lipinski definition) is 2. The number of hydrogen-bond donors (Lipinski definition) is 2. The first-order valence-electron chi connectivity index (χ1n) is 6.84. The Morgan fingerprint density at radius 3 is 2.70 bits per heavy atom. The van der Waals surface area contributed by atoms with E-state index in [-0.39, 0.29) is 0 Å². The molecule has 0 saturated carbocycles. The van der Waals surface area contributed by atoms with Crippen LogP contribution >= 0.6 is 27.5 Å². The fraction of sp³-hybridized carbons (Fsp3) is 0.0588. The summed E-state index contributed by atoms with van der Waals surface area (Å²) in [6.45, 7) is 1.94. The number of ketones is 1. The van der Waals surface area contributed by atoms with E-state index in [1.54, 1.807) is 30.3 Å². The largest absolute Gasteiger partial charge is 0.360 e. The third-order valence-corrected chi connectivity index (χ3v) is 4.61. The van der Waals surface area contributed by atoms with Crippen LogP contribution in [-0.2, 0) is 4.79 Å². The maximum atomic E-state index is 12.4. The maximum Gasteiger partial charge on any atom is 0.296 e. The lowest BCUT2D eigenvalue weighted by Crippen LogP contribution is -2.22. The summed E-state index contributed by atoms with van der Waals surface area (Å²) >= 11 is 9.36. The average molecular weight is 392 g/mol. The highest BCUT2D eigenvalue weighted by Crippen LogP contribution is 2.24. The normalized spacial score (nSPS) is 10.7. The van der Waals surface area contributed by atoms with Crippen molar-refractivity contribution in [3.63, 3.8) is 0 Å². The van der Waals surface area contributed by atoms with Gasteiger partial charge in [-0.15, -0.1) is 0 Å². The Bertz CT molecular complexity index is 933. The number of aromatic nitrogens is 1. The fourth-order valence-corrected chi connectivity index (χ4v) is 2.81. The smallest absolute Gasteiger partial charge is 0.296 e. The number of benzene rings is 2. The van der Waals surface area contributed by atoms with Crippen molar-refractivity contribution in [3.8, 4) is 0 Å². The Morgan fingerprint density at radius 1 is 1.17 bits per heavy atom. The maximum absolute atomic E-state index is 12.4. The van der Waals surface area contributed by atoms with Gasteiger partial charge in [-0.1, -0.05) is 33.6 Å². The van der Waals surface area contributed by atoms with E-state index in [0.717, 1.165) is 15.6 Å². The van der Waals surface area contributed by atoms with Crippen molar-refractivity contribution in [1.29, 1.82) is 0 Å². The minimum Gasteiger partial charge on any atom is -0.360 e. The molecular weight excluding hydrogens is 380 g/mol. The average Bonchev–Trinajstić information content (AvgIpc) is 2.93. The molecule has 2 aromatic carbocycles. The van der Waals surface area contributed by atoms with Crippen LogP contribution in [0.3, 0.4) is 0 Å². The Labute approximate surface area is 146 Å². The van der Waals surface area contributed by atoms with E-state index in [4.69, 9.17) is 11.6 Å². The number of rotatable bonds is 3. The molecule has 6 heteroatoms. The van der Waals surface area contributed by atoms with Gasteiger partial charge < -0.3 is 10.3 Å². The molecular formula is C17H12BrClN2O2. The molecule has 3 rings (SSSR count). The van der Waals surface area contributed by atoms with E-state index >= 15 is 0 Å². The van der Waals surface area contributed by atoms with Crippen molar-refractivity contribution in [3.05, 3.63) is 63.2 Å². The van der Waals surface area contributed by atoms with E-state index < -0.39 is 11.7 Å². The summed E-state index contributed by atoms with van der Waals surface area (Å²) in [5.41, 5.74) is 2.65. The third-order valence-electron chi connectivity index (χ3n) is 3.52. The number of nitrogens with one attached hydrogen (secondary N) is 2. The minimum atomic E-state index is -0.693. The van der Waals surface area contributed by atoms with Gasteiger partial charge in [-0.2, -0.15) is 0 Å². The molecule has 1 amide bonds. The number of Topliss-reactive ketones (excluding diaryl/α,β-unsaturated/α-hetero) is 1. The van der Waals surface area contributed by atoms with Gasteiger partial charge in [0.25, 0.3) is 11.7 Å². The predicted octanol–water partition coefficient (Wildman–Crippen LogP) is 4.71. The zero-order valence-electron chi connectivity index (χ0n) is 12.1. The van der Waals surface area contributed by atoms with Crippen LogP contribution in [0, 0.1) is 6.92 Å². The SMILES string of the molecule is Cc1ccc(NC(=O)C(=O)c2c[nH]c3ccc(Cl)cc23)cc1Br. The standard InChI is InChI=1S/C17H12BrClN2O2/c1-9-2-4-11(7-14(9)18)21-17(23)16(22)13-8-20-15-5-3-10(19)6-12(13)15/h2-8,20H,1H3,(H,21,23). The number of amides is 1. The van der Waals surface area contributed by atoms with Gasteiger partial charge in [0.1, 0.15) is 0 Å². The first kappa shape index (κ1) is 15.8. The van der Waals surface area contributed by atoms with Crippen molar-refractivity contribution < 1.29 is 9.59 Å². The van der Waals surface area contributed by atoms with Gasteiger partial charge in [-0.25, -0.2) is 0 Å². The summed E-state index contributed by atoms with van der Waals surface area (Å²) < 4.78 is 0.863. The number of fused-ring (bicyclic) bond motifs is 1. The number of anilines is 1. The topological polar surface area (TPSA) is 62.0 Å². The molecule has 0 radical (unpaired) electrons. The van der Waals surface area contributed by atoms with Gasteiger partial charge in [0.15, 0.2) is 0 Å². The molecule has 0 unspecified atom stereocenters. The van der Waals surface area contributed by atoms with Crippen LogP contribution in [0.4, 0.5) is 5.69 Å². The third kappa shape index (κ3) is 3.16. The molecule has 0 fully saturated rings. The Hall–Kier alpha value is -2.11. The lowest BCUT2D eigenvalue weighted by atomic mass is 10.1. The minimum absolute atomic E-state index is 0.297. The lowest BCUT2D eigenvalue weighted by molar-refractivity contribution is -0.112. The summed E-state index contributed by atoms with van der Waals surface area (Å²) in [6.07, 6.45) is 1.52. The van der Waals surface area contributed by atoms with Crippen molar-refractivity contribution in [2.45, 2.75) is 6.92 Å². The second-order valence-corrected chi connectivity index (χ2v) is 6.43. The Morgan fingerprint density at radius 2 is 1.96 bits per heavy atom. The summed E-state index contributed by atoms with van der Waals surface area (Å²) in [5.74, 6) is -1.31. The molecule has 4 nitrogen and oxygen atoms in total. The van der Waals surface area contributed by atoms with Crippen LogP contribution in [0.25, 0.3) is 10.9 Å². The first-order chi connectivity index (χ1) is 11.0. The number of carbonyl (C=O) groups is 2. The summed E-state index contributed by atoms with van der Waals surface area (Å²) in [5, 5.41) is 3.75. The van der Waals surface area contributed by atoms with E-state index in [1.807, 2.05) is 13.0 Å². The number of halogens is 2. The fourth-order valence-electron chi connectivity index (χ4n) is 2.26. The number of carbonyl (C=O) groups excluding carboxylic acids is 2. The molecule has 0 aliphatic heterocycles. The van der Waals surface area contributed by atoms with Crippen LogP contribution in [0.5, 0.6) is 0 Å².